The minimum atomic E-state index is -2.61. The van der Waals surface area contributed by atoms with Crippen LogP contribution in [0, 0.1) is 20.8 Å². The topological polar surface area (TPSA) is 61.2 Å². The smallest absolute Gasteiger partial charge is 0.308 e. The summed E-state index contributed by atoms with van der Waals surface area (Å²) in [7, 11) is 1.39. The second-order valence-corrected chi connectivity index (χ2v) is 10.2. The molecule has 1 heterocycles. The van der Waals surface area contributed by atoms with Gasteiger partial charge in [-0.3, -0.25) is 14.3 Å². The highest BCUT2D eigenvalue weighted by Crippen LogP contribution is 2.62. The van der Waals surface area contributed by atoms with Gasteiger partial charge in [0.25, 0.3) is 0 Å². The monoisotopic (exact) mass is 568 g/mol. The maximum atomic E-state index is 13.5. The van der Waals surface area contributed by atoms with Crippen LogP contribution in [-0.4, -0.2) is 28.6 Å². The number of carbonyl (C=O) groups is 2. The highest BCUT2D eigenvalue weighted by atomic mass is 127. The fourth-order valence-electron chi connectivity index (χ4n) is 5.21. The first-order valence-electron chi connectivity index (χ1n) is 13.4. The fourth-order valence-corrected chi connectivity index (χ4v) is 5.68. The van der Waals surface area contributed by atoms with E-state index in [1.807, 2.05) is 0 Å². The summed E-state index contributed by atoms with van der Waals surface area (Å²) in [4.78, 5) is 25.2. The maximum absolute atomic E-state index is 13.5. The van der Waals surface area contributed by atoms with Crippen molar-refractivity contribution in [2.45, 2.75) is 38.6 Å². The zero-order valence-electron chi connectivity index (χ0n) is 23.3. The molecular weight excluding hydrogens is 539 g/mol. The molecular formula is C25H24ClIN2O3. The summed E-state index contributed by atoms with van der Waals surface area (Å²) in [6.07, 6.45) is 4.83. The molecule has 0 bridgehead atoms. The van der Waals surface area contributed by atoms with Gasteiger partial charge in [-0.05, 0) is 89.4 Å². The molecule has 2 aliphatic rings. The third-order valence-corrected chi connectivity index (χ3v) is 7.47. The molecule has 5 nitrogen and oxygen atoms in total. The van der Waals surface area contributed by atoms with E-state index in [-0.39, 0.29) is 67.2 Å². The van der Waals surface area contributed by atoms with Crippen LogP contribution in [-0.2, 0) is 16.0 Å². The first kappa shape index (κ1) is 15.8. The van der Waals surface area contributed by atoms with Crippen molar-refractivity contribution in [3.8, 4) is 0 Å². The van der Waals surface area contributed by atoms with Gasteiger partial charge < -0.3 is 4.74 Å². The van der Waals surface area contributed by atoms with Gasteiger partial charge in [0.05, 0.1) is 44.5 Å². The Morgan fingerprint density at radius 2 is 2.00 bits per heavy atom. The lowest BCUT2D eigenvalue weighted by molar-refractivity contribution is -0.161. The van der Waals surface area contributed by atoms with Gasteiger partial charge in [-0.15, -0.1) is 0 Å². The van der Waals surface area contributed by atoms with Crippen LogP contribution in [0.5, 0.6) is 0 Å². The van der Waals surface area contributed by atoms with E-state index in [2.05, 4.69) is 5.10 Å². The number of esters is 1. The number of carbonyl (C=O) groups excluding carboxylic acids is 2. The third-order valence-electron chi connectivity index (χ3n) is 6.60. The standard InChI is InChI=1S/C25H24ClIN2O3/c1-32-24(31)17-11-25(12-17)9-16(10-25)8-22(30)19-6-7-21(26)20-13-28-29(23(19)20)14-15-2-4-18(27)5-3-15/h2-7,13,16-17H,8-12,14H2,1H3/i2D,3D,4D,5D,14D2. The summed E-state index contributed by atoms with van der Waals surface area (Å²) in [6, 6.07) is 1.39. The number of benzene rings is 2. The van der Waals surface area contributed by atoms with Gasteiger partial charge >= 0.3 is 5.97 Å². The molecule has 7 heteroatoms. The van der Waals surface area contributed by atoms with E-state index in [1.54, 1.807) is 28.7 Å². The summed E-state index contributed by atoms with van der Waals surface area (Å²) in [6.45, 7) is -2.61. The quantitative estimate of drug-likeness (QED) is 0.211. The highest BCUT2D eigenvalue weighted by Gasteiger charge is 2.55. The van der Waals surface area contributed by atoms with Crippen LogP contribution in [0.4, 0.5) is 0 Å². The summed E-state index contributed by atoms with van der Waals surface area (Å²) in [5, 5.41) is 4.80. The minimum absolute atomic E-state index is 0.0669. The maximum Gasteiger partial charge on any atom is 0.308 e. The van der Waals surface area contributed by atoms with E-state index >= 15 is 0 Å². The molecule has 0 atom stereocenters. The molecule has 0 saturated heterocycles. The molecule has 0 aliphatic heterocycles. The van der Waals surface area contributed by atoms with Gasteiger partial charge in [-0.2, -0.15) is 5.10 Å². The highest BCUT2D eigenvalue weighted by molar-refractivity contribution is 14.1. The van der Waals surface area contributed by atoms with Crippen LogP contribution in [0.15, 0.2) is 42.5 Å². The number of Topliss-reactive ketones (excluding diaryl/α,β-unsaturated/α-hetero) is 1. The Morgan fingerprint density at radius 3 is 2.69 bits per heavy atom. The zero-order chi connectivity index (χ0) is 27.7. The predicted molar refractivity (Wildman–Crippen MR) is 132 cm³/mol. The number of methoxy groups -OCH3 is 1. The van der Waals surface area contributed by atoms with Crippen LogP contribution in [0.3, 0.4) is 0 Å². The van der Waals surface area contributed by atoms with E-state index in [0.717, 1.165) is 30.4 Å². The molecule has 1 spiro atoms. The van der Waals surface area contributed by atoms with Crippen LogP contribution in [0.1, 0.15) is 56.3 Å². The van der Waals surface area contributed by atoms with Crippen LogP contribution >= 0.6 is 34.2 Å². The van der Waals surface area contributed by atoms with E-state index in [9.17, 15) is 9.59 Å². The number of nitrogens with zero attached hydrogens (tertiary/aromatic N) is 2. The second-order valence-electron chi connectivity index (χ2n) is 8.74. The first-order valence-corrected chi connectivity index (χ1v) is 11.8. The number of hydrogen-bond donors (Lipinski definition) is 0. The predicted octanol–water partition coefficient (Wildman–Crippen LogP) is 5.89. The molecule has 2 saturated carbocycles. The molecule has 5 rings (SSSR count). The van der Waals surface area contributed by atoms with Gasteiger partial charge in [-0.1, -0.05) is 23.7 Å². The third kappa shape index (κ3) is 3.96. The lowest BCUT2D eigenvalue weighted by Crippen LogP contribution is -2.50. The van der Waals surface area contributed by atoms with Crippen LogP contribution < -0.4 is 0 Å². The van der Waals surface area contributed by atoms with Crippen molar-refractivity contribution in [2.75, 3.05) is 7.11 Å². The Morgan fingerprint density at radius 1 is 1.28 bits per heavy atom. The Kier molecular flexibility index (Phi) is 4.18. The summed E-state index contributed by atoms with van der Waals surface area (Å²) >= 11 is 8.08. The Hall–Kier alpha value is -1.93. The summed E-state index contributed by atoms with van der Waals surface area (Å²) in [5.41, 5.74) is 0.00230. The number of rotatable bonds is 6. The van der Waals surface area contributed by atoms with E-state index in [4.69, 9.17) is 24.6 Å². The molecule has 2 aromatic carbocycles. The van der Waals surface area contributed by atoms with Crippen molar-refractivity contribution in [2.24, 2.45) is 17.3 Å². The van der Waals surface area contributed by atoms with Gasteiger partial charge in [-0.25, -0.2) is 0 Å². The van der Waals surface area contributed by atoms with Crippen molar-refractivity contribution in [3.05, 3.63) is 62.2 Å². The number of hydrogen-bond acceptors (Lipinski definition) is 4. The van der Waals surface area contributed by atoms with E-state index < -0.39 is 24.1 Å². The second kappa shape index (κ2) is 8.45. The van der Waals surface area contributed by atoms with E-state index in [1.165, 1.54) is 19.4 Å². The minimum Gasteiger partial charge on any atom is -0.469 e. The van der Waals surface area contributed by atoms with E-state index in [0.29, 0.717) is 5.39 Å². The zero-order valence-corrected chi connectivity index (χ0v) is 20.2. The number of fused-ring (bicyclic) bond motifs is 1. The van der Waals surface area contributed by atoms with Crippen molar-refractivity contribution in [1.29, 1.82) is 0 Å². The van der Waals surface area contributed by atoms with Crippen molar-refractivity contribution < 1.29 is 22.6 Å². The lowest BCUT2D eigenvalue weighted by atomic mass is 9.47. The van der Waals surface area contributed by atoms with Gasteiger partial charge in [0.1, 0.15) is 0 Å². The SMILES string of the molecule is [2H]c1c([2H])c(C([2H])([2H])n2ncc3c(Cl)ccc(C(=O)CC4CC5(C4)CC(C(=O)OC)C5)c32)c([2H])c([2H])c1I. The van der Waals surface area contributed by atoms with Crippen LogP contribution in [0.2, 0.25) is 5.02 Å². The molecule has 32 heavy (non-hydrogen) atoms. The summed E-state index contributed by atoms with van der Waals surface area (Å²) < 4.78 is 56.6. The van der Waals surface area contributed by atoms with Gasteiger partial charge in [0.2, 0.25) is 0 Å². The Bertz CT molecular complexity index is 1470. The number of aromatic nitrogens is 2. The molecule has 2 aliphatic carbocycles. The van der Waals surface area contributed by atoms with Crippen molar-refractivity contribution in [1.82, 2.24) is 9.78 Å². The fraction of sp³-hybridized carbons (Fsp3) is 0.400. The Labute approximate surface area is 214 Å². The molecule has 166 valence electrons. The molecule has 2 fully saturated rings. The lowest BCUT2D eigenvalue weighted by Gasteiger charge is -2.57. The largest absolute Gasteiger partial charge is 0.469 e. The number of halogens is 2. The molecule has 0 N–H and O–H groups in total. The molecule has 0 unspecified atom stereocenters. The van der Waals surface area contributed by atoms with Gasteiger partial charge in [0, 0.05) is 20.9 Å². The van der Waals surface area contributed by atoms with Crippen LogP contribution in [0.25, 0.3) is 10.9 Å². The summed E-state index contributed by atoms with van der Waals surface area (Å²) in [5.74, 6) is -0.304. The molecule has 0 radical (unpaired) electrons. The normalized spacial score (nSPS) is 27.3. The molecule has 3 aromatic rings. The average Bonchev–Trinajstić information content (AvgIpc) is 3.29. The Balaban J connectivity index is 1.47. The molecule has 0 amide bonds. The number of ether oxygens (including phenoxy) is 1. The average molecular weight is 569 g/mol. The van der Waals surface area contributed by atoms with Gasteiger partial charge in [0.15, 0.2) is 5.78 Å². The number of ketones is 1. The van der Waals surface area contributed by atoms with Crippen molar-refractivity contribution >= 4 is 56.8 Å². The molecule has 1 aromatic heterocycles. The van der Waals surface area contributed by atoms with Crippen molar-refractivity contribution in [3.63, 3.8) is 0 Å². The first-order chi connectivity index (χ1) is 17.8.